The fraction of sp³-hybridized carbons (Fsp3) is 0.667. The summed E-state index contributed by atoms with van der Waals surface area (Å²) in [6, 6.07) is 0. The average molecular weight is 300 g/mol. The van der Waals surface area contributed by atoms with E-state index in [9.17, 15) is 4.79 Å². The minimum absolute atomic E-state index is 0.0354. The van der Waals surface area contributed by atoms with Gasteiger partial charge in [0.1, 0.15) is 10.7 Å². The zero-order valence-electron chi connectivity index (χ0n) is 11.4. The van der Waals surface area contributed by atoms with E-state index in [2.05, 4.69) is 4.98 Å². The van der Waals surface area contributed by atoms with E-state index in [1.165, 1.54) is 11.3 Å². The van der Waals surface area contributed by atoms with Crippen molar-refractivity contribution in [2.75, 3.05) is 48.8 Å². The predicted molar refractivity (Wildman–Crippen MR) is 83.3 cm³/mol. The number of carbonyl (C=O) groups is 1. The maximum absolute atomic E-state index is 12.5. The topological polar surface area (TPSA) is 62.5 Å². The van der Waals surface area contributed by atoms with Crippen molar-refractivity contribution in [3.63, 3.8) is 0 Å². The van der Waals surface area contributed by atoms with Crippen molar-refractivity contribution in [2.24, 2.45) is 0 Å². The third kappa shape index (κ3) is 3.33. The minimum atomic E-state index is 0.0354. The lowest BCUT2D eigenvalue weighted by atomic mass is 10.3. The lowest BCUT2D eigenvalue weighted by Gasteiger charge is -2.19. The Morgan fingerprint density at radius 3 is 3.00 bits per heavy atom. The highest BCUT2D eigenvalue weighted by Crippen LogP contribution is 2.29. The molecule has 1 amide bonds. The monoisotopic (exact) mass is 300 g/mol. The van der Waals surface area contributed by atoms with Gasteiger partial charge in [-0.1, -0.05) is 11.3 Å². The van der Waals surface area contributed by atoms with E-state index in [4.69, 9.17) is 5.73 Å². The third-order valence-electron chi connectivity index (χ3n) is 3.15. The van der Waals surface area contributed by atoms with Gasteiger partial charge in [0.25, 0.3) is 5.91 Å². The van der Waals surface area contributed by atoms with E-state index in [1.54, 1.807) is 0 Å². The fourth-order valence-electron chi connectivity index (χ4n) is 1.86. The molecule has 1 saturated heterocycles. The maximum atomic E-state index is 12.5. The first-order valence-corrected chi connectivity index (χ1v) is 8.45. The second-order valence-corrected chi connectivity index (χ2v) is 6.69. The van der Waals surface area contributed by atoms with Crippen LogP contribution in [0, 0.1) is 0 Å². The molecule has 7 heteroatoms. The molecular weight excluding hydrogens is 280 g/mol. The molecule has 1 fully saturated rings. The van der Waals surface area contributed by atoms with Crippen molar-refractivity contribution in [2.45, 2.75) is 13.3 Å². The fourth-order valence-corrected chi connectivity index (χ4v) is 3.73. The molecule has 2 rings (SSSR count). The van der Waals surface area contributed by atoms with Crippen molar-refractivity contribution in [3.05, 3.63) is 4.88 Å². The first kappa shape index (κ1) is 14.5. The molecule has 0 spiro atoms. The molecule has 0 unspecified atom stereocenters. The molecule has 0 saturated carbocycles. The van der Waals surface area contributed by atoms with Crippen LogP contribution in [0.4, 0.5) is 10.9 Å². The zero-order chi connectivity index (χ0) is 13.8. The first-order chi connectivity index (χ1) is 9.13. The van der Waals surface area contributed by atoms with Crippen LogP contribution in [0.25, 0.3) is 0 Å². The highest BCUT2D eigenvalue weighted by atomic mass is 32.2. The molecular formula is C12H20N4OS2. The van der Waals surface area contributed by atoms with Crippen LogP contribution in [0.1, 0.15) is 23.0 Å². The summed E-state index contributed by atoms with van der Waals surface area (Å²) in [5.41, 5.74) is 5.90. The number of nitrogen functional groups attached to an aromatic ring is 1. The lowest BCUT2D eigenvalue weighted by Crippen LogP contribution is -2.32. The van der Waals surface area contributed by atoms with Gasteiger partial charge in [0.2, 0.25) is 0 Å². The molecule has 1 aliphatic rings. The molecule has 0 aromatic carbocycles. The number of carbonyl (C=O) groups excluding carboxylic acids is 1. The van der Waals surface area contributed by atoms with Gasteiger partial charge in [0, 0.05) is 32.4 Å². The Hall–Kier alpha value is -0.950. The second kappa shape index (κ2) is 6.47. The number of thiazole rings is 1. The molecule has 1 aliphatic heterocycles. The van der Waals surface area contributed by atoms with Crippen LogP contribution in [-0.4, -0.2) is 54.0 Å². The number of rotatable bonds is 3. The van der Waals surface area contributed by atoms with Gasteiger partial charge in [-0.15, -0.1) is 0 Å². The van der Waals surface area contributed by atoms with Gasteiger partial charge in [-0.05, 0) is 19.1 Å². The van der Waals surface area contributed by atoms with E-state index in [1.807, 2.05) is 35.5 Å². The van der Waals surface area contributed by atoms with Crippen molar-refractivity contribution in [1.82, 2.24) is 9.88 Å². The number of nitrogens with zero attached hydrogens (tertiary/aromatic N) is 3. The predicted octanol–water partition coefficient (Wildman–Crippen LogP) is 1.76. The van der Waals surface area contributed by atoms with E-state index in [-0.39, 0.29) is 5.91 Å². The number of thioether (sulfide) groups is 1. The Bertz CT molecular complexity index is 441. The Labute approximate surface area is 122 Å². The Morgan fingerprint density at radius 2 is 2.26 bits per heavy atom. The van der Waals surface area contributed by atoms with Crippen LogP contribution in [0.5, 0.6) is 0 Å². The van der Waals surface area contributed by atoms with Crippen molar-refractivity contribution in [3.8, 4) is 0 Å². The summed E-state index contributed by atoms with van der Waals surface area (Å²) in [6.45, 7) is 4.52. The van der Waals surface area contributed by atoms with Crippen LogP contribution in [0.2, 0.25) is 0 Å². The van der Waals surface area contributed by atoms with Crippen LogP contribution < -0.4 is 10.6 Å². The molecule has 1 aromatic rings. The smallest absolute Gasteiger partial charge is 0.267 e. The summed E-state index contributed by atoms with van der Waals surface area (Å²) in [6.07, 6.45) is 1.05. The number of anilines is 2. The Morgan fingerprint density at radius 1 is 1.47 bits per heavy atom. The van der Waals surface area contributed by atoms with E-state index >= 15 is 0 Å². The molecule has 106 valence electrons. The number of hydrogen-bond acceptors (Lipinski definition) is 6. The Kier molecular flexibility index (Phi) is 4.93. The second-order valence-electron chi connectivity index (χ2n) is 4.48. The normalized spacial score (nSPS) is 16.2. The molecule has 0 bridgehead atoms. The number of amides is 1. The molecule has 1 aromatic heterocycles. The zero-order valence-corrected chi connectivity index (χ0v) is 13.0. The highest BCUT2D eigenvalue weighted by molar-refractivity contribution is 7.99. The number of hydrogen-bond donors (Lipinski definition) is 1. The van der Waals surface area contributed by atoms with Gasteiger partial charge in [-0.25, -0.2) is 4.98 Å². The number of aromatic nitrogens is 1. The summed E-state index contributed by atoms with van der Waals surface area (Å²) < 4.78 is 0. The Balaban J connectivity index is 2.16. The maximum Gasteiger partial charge on any atom is 0.267 e. The van der Waals surface area contributed by atoms with Crippen molar-refractivity contribution >= 4 is 40.0 Å². The highest BCUT2D eigenvalue weighted by Gasteiger charge is 2.23. The van der Waals surface area contributed by atoms with Gasteiger partial charge in [-0.2, -0.15) is 11.8 Å². The standard InChI is InChI=1S/C12H20N4OS2/c1-3-15(2)12-14-10(13)9(19-12)11(17)16-5-4-7-18-8-6-16/h3-8,13H2,1-2H3. The molecule has 2 heterocycles. The van der Waals surface area contributed by atoms with Gasteiger partial charge < -0.3 is 15.5 Å². The average Bonchev–Trinajstić information content (AvgIpc) is 2.65. The molecule has 0 radical (unpaired) electrons. The SMILES string of the molecule is CCN(C)c1nc(N)c(C(=O)N2CCCSCC2)s1. The summed E-state index contributed by atoms with van der Waals surface area (Å²) in [7, 11) is 1.95. The first-order valence-electron chi connectivity index (χ1n) is 6.48. The van der Waals surface area contributed by atoms with Crippen LogP contribution in [0.15, 0.2) is 0 Å². The van der Waals surface area contributed by atoms with Gasteiger partial charge in [-0.3, -0.25) is 4.79 Å². The molecule has 0 aliphatic carbocycles. The van der Waals surface area contributed by atoms with E-state index < -0.39 is 0 Å². The summed E-state index contributed by atoms with van der Waals surface area (Å²) in [5.74, 6) is 2.54. The summed E-state index contributed by atoms with van der Waals surface area (Å²) >= 11 is 3.30. The lowest BCUT2D eigenvalue weighted by molar-refractivity contribution is 0.0774. The molecule has 19 heavy (non-hydrogen) atoms. The van der Waals surface area contributed by atoms with Crippen molar-refractivity contribution < 1.29 is 4.79 Å². The quantitative estimate of drug-likeness (QED) is 0.921. The summed E-state index contributed by atoms with van der Waals surface area (Å²) in [4.78, 5) is 21.3. The van der Waals surface area contributed by atoms with Gasteiger partial charge >= 0.3 is 0 Å². The third-order valence-corrected chi connectivity index (χ3v) is 5.37. The molecule has 2 N–H and O–H groups in total. The van der Waals surface area contributed by atoms with Crippen LogP contribution in [-0.2, 0) is 0 Å². The van der Waals surface area contributed by atoms with Crippen LogP contribution >= 0.6 is 23.1 Å². The summed E-state index contributed by atoms with van der Waals surface area (Å²) in [5, 5.41) is 0.813. The van der Waals surface area contributed by atoms with E-state index in [0.29, 0.717) is 10.7 Å². The van der Waals surface area contributed by atoms with Crippen molar-refractivity contribution in [1.29, 1.82) is 0 Å². The largest absolute Gasteiger partial charge is 0.382 e. The molecule has 0 atom stereocenters. The van der Waals surface area contributed by atoms with Gasteiger partial charge in [0.15, 0.2) is 5.13 Å². The van der Waals surface area contributed by atoms with Gasteiger partial charge in [0.05, 0.1) is 0 Å². The van der Waals surface area contributed by atoms with E-state index in [0.717, 1.165) is 42.7 Å². The minimum Gasteiger partial charge on any atom is -0.382 e. The molecule has 5 nitrogen and oxygen atoms in total. The number of nitrogens with two attached hydrogens (primary N) is 1. The van der Waals surface area contributed by atoms with Crippen LogP contribution in [0.3, 0.4) is 0 Å².